The first-order chi connectivity index (χ1) is 10.8. The van der Waals surface area contributed by atoms with Crippen molar-refractivity contribution in [2.45, 2.75) is 32.7 Å². The van der Waals surface area contributed by atoms with Crippen LogP contribution < -0.4 is 10.1 Å². The summed E-state index contributed by atoms with van der Waals surface area (Å²) in [5, 5.41) is 3.22. The van der Waals surface area contributed by atoms with Crippen LogP contribution in [0.2, 0.25) is 0 Å². The highest BCUT2D eigenvalue weighted by Gasteiger charge is 2.32. The topological polar surface area (TPSA) is 24.5 Å². The maximum Gasteiger partial charge on any atom is 0.573 e. The molecule has 0 aromatic heterocycles. The van der Waals surface area contributed by atoms with E-state index in [4.69, 9.17) is 0 Å². The SMILES string of the molecule is CC(C)C[C@@H](c1cc(OC(F)(F)F)ccc1F)N1CCNCC1.Cl.Cl. The average Bonchev–Trinajstić information content (AvgIpc) is 2.46. The van der Waals surface area contributed by atoms with Crippen LogP contribution in [-0.4, -0.2) is 37.4 Å². The molecule has 0 spiro atoms. The lowest BCUT2D eigenvalue weighted by molar-refractivity contribution is -0.274. The van der Waals surface area contributed by atoms with Crippen molar-refractivity contribution < 1.29 is 22.3 Å². The molecule has 0 aliphatic carbocycles. The van der Waals surface area contributed by atoms with Crippen molar-refractivity contribution in [1.29, 1.82) is 0 Å². The third kappa shape index (κ3) is 7.56. The van der Waals surface area contributed by atoms with Gasteiger partial charge < -0.3 is 10.1 Å². The van der Waals surface area contributed by atoms with Gasteiger partial charge in [0.1, 0.15) is 11.6 Å². The number of nitrogens with one attached hydrogen (secondary N) is 1. The number of hydrogen-bond acceptors (Lipinski definition) is 3. The fourth-order valence-electron chi connectivity index (χ4n) is 2.89. The number of halogens is 6. The second-order valence-corrected chi connectivity index (χ2v) is 6.16. The summed E-state index contributed by atoms with van der Waals surface area (Å²) in [6.45, 7) is 7.08. The Morgan fingerprint density at radius 3 is 2.28 bits per heavy atom. The van der Waals surface area contributed by atoms with Crippen molar-refractivity contribution in [1.82, 2.24) is 10.2 Å². The minimum Gasteiger partial charge on any atom is -0.406 e. The van der Waals surface area contributed by atoms with E-state index in [1.807, 2.05) is 13.8 Å². The fraction of sp³-hybridized carbons (Fsp3) is 0.625. The van der Waals surface area contributed by atoms with Gasteiger partial charge in [0.25, 0.3) is 0 Å². The van der Waals surface area contributed by atoms with Crippen LogP contribution in [0.15, 0.2) is 18.2 Å². The molecule has 3 nitrogen and oxygen atoms in total. The molecule has 1 aliphatic heterocycles. The fourth-order valence-corrected chi connectivity index (χ4v) is 2.89. The normalized spacial score (nSPS) is 16.8. The maximum atomic E-state index is 14.3. The highest BCUT2D eigenvalue weighted by molar-refractivity contribution is 5.85. The summed E-state index contributed by atoms with van der Waals surface area (Å²) in [5.74, 6) is -0.581. The van der Waals surface area contributed by atoms with Crippen molar-refractivity contribution in [3.05, 3.63) is 29.6 Å². The van der Waals surface area contributed by atoms with E-state index in [1.54, 1.807) is 0 Å². The molecule has 146 valence electrons. The van der Waals surface area contributed by atoms with Gasteiger partial charge >= 0.3 is 6.36 Å². The van der Waals surface area contributed by atoms with E-state index in [0.717, 1.165) is 38.3 Å². The minimum absolute atomic E-state index is 0. The molecule has 1 saturated heterocycles. The third-order valence-corrected chi connectivity index (χ3v) is 3.85. The molecule has 2 rings (SSSR count). The largest absolute Gasteiger partial charge is 0.573 e. The van der Waals surface area contributed by atoms with E-state index in [0.29, 0.717) is 12.3 Å². The quantitative estimate of drug-likeness (QED) is 0.725. The smallest absolute Gasteiger partial charge is 0.406 e. The zero-order chi connectivity index (χ0) is 17.0. The number of rotatable bonds is 5. The minimum atomic E-state index is -4.78. The van der Waals surface area contributed by atoms with E-state index in [-0.39, 0.29) is 42.2 Å². The molecule has 1 heterocycles. The number of nitrogens with zero attached hydrogens (tertiary/aromatic N) is 1. The molecule has 1 aromatic carbocycles. The van der Waals surface area contributed by atoms with Crippen LogP contribution in [0.1, 0.15) is 31.9 Å². The molecule has 25 heavy (non-hydrogen) atoms. The predicted octanol–water partition coefficient (Wildman–Crippen LogP) is 4.56. The summed E-state index contributed by atoms with van der Waals surface area (Å²) in [7, 11) is 0. The first kappa shape index (κ1) is 24.2. The van der Waals surface area contributed by atoms with Crippen LogP contribution in [0.25, 0.3) is 0 Å². The van der Waals surface area contributed by atoms with Crippen molar-refractivity contribution in [2.24, 2.45) is 5.92 Å². The highest BCUT2D eigenvalue weighted by Crippen LogP contribution is 2.33. The molecule has 1 fully saturated rings. The highest BCUT2D eigenvalue weighted by atomic mass is 35.5. The van der Waals surface area contributed by atoms with E-state index < -0.39 is 12.2 Å². The molecule has 0 saturated carbocycles. The second-order valence-electron chi connectivity index (χ2n) is 6.16. The molecule has 1 atom stereocenters. The average molecular weight is 407 g/mol. The lowest BCUT2D eigenvalue weighted by Crippen LogP contribution is -2.45. The molecular weight excluding hydrogens is 383 g/mol. The van der Waals surface area contributed by atoms with Gasteiger partial charge in [0.2, 0.25) is 0 Å². The Bertz CT molecular complexity index is 523. The molecule has 1 N–H and O–H groups in total. The zero-order valence-electron chi connectivity index (χ0n) is 14.1. The van der Waals surface area contributed by atoms with Gasteiger partial charge in [-0.2, -0.15) is 0 Å². The van der Waals surface area contributed by atoms with Crippen LogP contribution in [0.4, 0.5) is 17.6 Å². The Morgan fingerprint density at radius 1 is 1.16 bits per heavy atom. The Balaban J connectivity index is 0.00000288. The van der Waals surface area contributed by atoms with Crippen molar-refractivity contribution >= 4 is 24.8 Å². The van der Waals surface area contributed by atoms with Crippen LogP contribution in [-0.2, 0) is 0 Å². The number of alkyl halides is 3. The lowest BCUT2D eigenvalue weighted by Gasteiger charge is -2.36. The first-order valence-corrected chi connectivity index (χ1v) is 7.76. The Morgan fingerprint density at radius 2 is 1.76 bits per heavy atom. The van der Waals surface area contributed by atoms with Crippen LogP contribution in [0, 0.1) is 11.7 Å². The molecule has 1 aliphatic rings. The molecule has 0 unspecified atom stereocenters. The molecule has 9 heteroatoms. The zero-order valence-corrected chi connectivity index (χ0v) is 15.7. The molecular formula is C16H24Cl2F4N2O. The summed E-state index contributed by atoms with van der Waals surface area (Å²) in [5.41, 5.74) is 0.266. The molecule has 0 radical (unpaired) electrons. The van der Waals surface area contributed by atoms with Gasteiger partial charge in [-0.25, -0.2) is 4.39 Å². The van der Waals surface area contributed by atoms with Crippen molar-refractivity contribution in [3.8, 4) is 5.75 Å². The number of hydrogen-bond donors (Lipinski definition) is 1. The molecule has 1 aromatic rings. The van der Waals surface area contributed by atoms with Crippen LogP contribution in [0.3, 0.4) is 0 Å². The third-order valence-electron chi connectivity index (χ3n) is 3.85. The van der Waals surface area contributed by atoms with Gasteiger partial charge in [0.05, 0.1) is 0 Å². The summed E-state index contributed by atoms with van der Waals surface area (Å²) in [4.78, 5) is 2.12. The van der Waals surface area contributed by atoms with Gasteiger partial charge in [0, 0.05) is 37.8 Å². The molecule has 0 amide bonds. The molecule has 0 bridgehead atoms. The van der Waals surface area contributed by atoms with Gasteiger partial charge in [-0.05, 0) is 30.5 Å². The number of benzene rings is 1. The predicted molar refractivity (Wildman–Crippen MR) is 94.2 cm³/mol. The monoisotopic (exact) mass is 406 g/mol. The van der Waals surface area contributed by atoms with E-state index in [1.165, 1.54) is 6.07 Å². The second kappa shape index (κ2) is 10.4. The maximum absolute atomic E-state index is 14.3. The summed E-state index contributed by atoms with van der Waals surface area (Å²) >= 11 is 0. The standard InChI is InChI=1S/C16H22F4N2O.2ClH/c1-11(2)9-15(22-7-5-21-6-8-22)13-10-12(3-4-14(13)17)23-16(18,19)20;;/h3-4,10-11,15,21H,5-9H2,1-2H3;2*1H/t15-;;/m0../s1. The van der Waals surface area contributed by atoms with Gasteiger partial charge in [-0.1, -0.05) is 13.8 Å². The first-order valence-electron chi connectivity index (χ1n) is 7.76. The van der Waals surface area contributed by atoms with Crippen LogP contribution in [0.5, 0.6) is 5.75 Å². The van der Waals surface area contributed by atoms with E-state index >= 15 is 0 Å². The van der Waals surface area contributed by atoms with Gasteiger partial charge in [-0.3, -0.25) is 4.90 Å². The van der Waals surface area contributed by atoms with Crippen molar-refractivity contribution in [3.63, 3.8) is 0 Å². The Kier molecular flexibility index (Phi) is 10.1. The Labute approximate surface area is 157 Å². The van der Waals surface area contributed by atoms with Crippen LogP contribution >= 0.6 is 24.8 Å². The number of piperazine rings is 1. The van der Waals surface area contributed by atoms with Gasteiger partial charge in [0.15, 0.2) is 0 Å². The van der Waals surface area contributed by atoms with E-state index in [2.05, 4.69) is 15.0 Å². The lowest BCUT2D eigenvalue weighted by atomic mass is 9.94. The number of ether oxygens (including phenoxy) is 1. The summed E-state index contributed by atoms with van der Waals surface area (Å²) < 4.78 is 55.4. The van der Waals surface area contributed by atoms with Gasteiger partial charge in [-0.15, -0.1) is 38.0 Å². The van der Waals surface area contributed by atoms with Crippen molar-refractivity contribution in [2.75, 3.05) is 26.2 Å². The summed E-state index contributed by atoms with van der Waals surface area (Å²) in [6.07, 6.45) is -4.11. The van der Waals surface area contributed by atoms with E-state index in [9.17, 15) is 17.6 Å². The Hall–Kier alpha value is -0.760. The summed E-state index contributed by atoms with van der Waals surface area (Å²) in [6, 6.07) is 2.98.